The van der Waals surface area contributed by atoms with Crippen molar-refractivity contribution in [3.63, 3.8) is 0 Å². The molecule has 2 heterocycles. The van der Waals surface area contributed by atoms with Crippen LogP contribution in [-0.2, 0) is 23.1 Å². The maximum Gasteiger partial charge on any atom is 0.245 e. The number of halogens is 2. The highest BCUT2D eigenvalue weighted by Crippen LogP contribution is 2.30. The Balaban J connectivity index is 1.96. The van der Waals surface area contributed by atoms with Crippen molar-refractivity contribution in [2.75, 3.05) is 0 Å². The number of sulfonamides is 1. The molecule has 0 spiro atoms. The monoisotopic (exact) mass is 328 g/mol. The molecule has 1 aliphatic rings. The maximum absolute atomic E-state index is 12.6. The fourth-order valence-corrected chi connectivity index (χ4v) is 3.87. The van der Waals surface area contributed by atoms with Gasteiger partial charge >= 0.3 is 0 Å². The van der Waals surface area contributed by atoms with E-state index in [9.17, 15) is 8.42 Å². The average Bonchev–Trinajstić information content (AvgIpc) is 2.86. The Labute approximate surface area is 127 Å². The molecular formula is C13H10Cl2N2O2S. The second-order valence-corrected chi connectivity index (χ2v) is 7.19. The highest BCUT2D eigenvalue weighted by Gasteiger charge is 2.30. The van der Waals surface area contributed by atoms with Gasteiger partial charge in [0.2, 0.25) is 10.0 Å². The van der Waals surface area contributed by atoms with Crippen LogP contribution in [0.5, 0.6) is 0 Å². The summed E-state index contributed by atoms with van der Waals surface area (Å²) in [5.74, 6) is 0. The minimum Gasteiger partial charge on any atom is -0.242 e. The van der Waals surface area contributed by atoms with Gasteiger partial charge in [-0.3, -0.25) is 0 Å². The van der Waals surface area contributed by atoms with Gasteiger partial charge in [-0.15, -0.1) is 0 Å². The van der Waals surface area contributed by atoms with Crippen molar-refractivity contribution in [1.29, 1.82) is 0 Å². The van der Waals surface area contributed by atoms with Gasteiger partial charge in [0, 0.05) is 19.3 Å². The van der Waals surface area contributed by atoms with Crippen LogP contribution in [-0.4, -0.2) is 17.7 Å². The molecule has 0 saturated heterocycles. The molecule has 3 rings (SSSR count). The Hall–Kier alpha value is -1.14. The van der Waals surface area contributed by atoms with Crippen molar-refractivity contribution in [2.24, 2.45) is 0 Å². The summed E-state index contributed by atoms with van der Waals surface area (Å²) in [5.41, 5.74) is 2.04. The van der Waals surface area contributed by atoms with Gasteiger partial charge in [-0.25, -0.2) is 13.4 Å². The summed E-state index contributed by atoms with van der Waals surface area (Å²) in [6.45, 7) is 0.720. The van der Waals surface area contributed by atoms with Crippen LogP contribution in [0, 0.1) is 0 Å². The van der Waals surface area contributed by atoms with E-state index in [4.69, 9.17) is 23.2 Å². The zero-order valence-corrected chi connectivity index (χ0v) is 12.6. The minimum atomic E-state index is -3.62. The van der Waals surface area contributed by atoms with Gasteiger partial charge in [0.15, 0.2) is 0 Å². The van der Waals surface area contributed by atoms with E-state index in [1.165, 1.54) is 16.6 Å². The summed E-state index contributed by atoms with van der Waals surface area (Å²) in [7, 11) is -3.62. The Morgan fingerprint density at radius 3 is 2.25 bits per heavy atom. The fourth-order valence-electron chi connectivity index (χ4n) is 2.17. The molecule has 0 fully saturated rings. The van der Waals surface area contributed by atoms with Crippen molar-refractivity contribution in [3.8, 4) is 0 Å². The standard InChI is InChI=1S/C13H10Cl2N2O2S/c14-12-5-11(6-16-13(12)15)20(18,19)17-7-9-3-1-2-4-10(9)8-17/h1-6H,7-8H2. The zero-order chi connectivity index (χ0) is 14.3. The lowest BCUT2D eigenvalue weighted by Gasteiger charge is -2.15. The van der Waals surface area contributed by atoms with Crippen molar-refractivity contribution in [1.82, 2.24) is 9.29 Å². The quantitative estimate of drug-likeness (QED) is 0.796. The van der Waals surface area contributed by atoms with E-state index in [1.807, 2.05) is 24.3 Å². The first-order chi connectivity index (χ1) is 9.48. The summed E-state index contributed by atoms with van der Waals surface area (Å²) in [6, 6.07) is 8.98. The molecule has 0 aliphatic carbocycles. The molecule has 0 bridgehead atoms. The molecule has 104 valence electrons. The van der Waals surface area contributed by atoms with Crippen LogP contribution < -0.4 is 0 Å². The SMILES string of the molecule is O=S(=O)(c1cnc(Cl)c(Cl)c1)N1Cc2ccccc2C1. The van der Waals surface area contributed by atoms with Crippen LogP contribution in [0.15, 0.2) is 41.4 Å². The molecule has 4 nitrogen and oxygen atoms in total. The predicted octanol–water partition coefficient (Wildman–Crippen LogP) is 3.09. The van der Waals surface area contributed by atoms with Crippen LogP contribution >= 0.6 is 23.2 Å². The third kappa shape index (κ3) is 2.31. The van der Waals surface area contributed by atoms with E-state index < -0.39 is 10.0 Å². The van der Waals surface area contributed by atoms with E-state index in [0.29, 0.717) is 13.1 Å². The lowest BCUT2D eigenvalue weighted by Crippen LogP contribution is -2.25. The molecule has 7 heteroatoms. The summed E-state index contributed by atoms with van der Waals surface area (Å²) in [5, 5.41) is 0.222. The average molecular weight is 329 g/mol. The van der Waals surface area contributed by atoms with Gasteiger partial charge in [0.25, 0.3) is 0 Å². The number of hydrogen-bond donors (Lipinski definition) is 0. The van der Waals surface area contributed by atoms with E-state index in [1.54, 1.807) is 0 Å². The Bertz CT molecular complexity index is 753. The number of fused-ring (bicyclic) bond motifs is 1. The Morgan fingerprint density at radius 1 is 1.10 bits per heavy atom. The summed E-state index contributed by atoms with van der Waals surface area (Å²) in [4.78, 5) is 3.85. The van der Waals surface area contributed by atoms with Crippen LogP contribution in [0.2, 0.25) is 10.2 Å². The van der Waals surface area contributed by atoms with Crippen molar-refractivity contribution in [2.45, 2.75) is 18.0 Å². The smallest absolute Gasteiger partial charge is 0.242 e. The van der Waals surface area contributed by atoms with Gasteiger partial charge in [0.05, 0.1) is 5.02 Å². The molecular weight excluding hydrogens is 319 g/mol. The minimum absolute atomic E-state index is 0.0553. The number of benzene rings is 1. The predicted molar refractivity (Wildman–Crippen MR) is 77.1 cm³/mol. The first-order valence-electron chi connectivity index (χ1n) is 5.86. The van der Waals surface area contributed by atoms with Gasteiger partial charge in [-0.1, -0.05) is 47.5 Å². The molecule has 1 aliphatic heterocycles. The number of aromatic nitrogens is 1. The molecule has 0 radical (unpaired) electrons. The second kappa shape index (κ2) is 5.00. The van der Waals surface area contributed by atoms with Crippen LogP contribution in [0.3, 0.4) is 0 Å². The third-order valence-electron chi connectivity index (χ3n) is 3.22. The molecule has 0 amide bonds. The molecule has 0 N–H and O–H groups in total. The second-order valence-electron chi connectivity index (χ2n) is 4.49. The molecule has 0 unspecified atom stereocenters. The van der Waals surface area contributed by atoms with Gasteiger partial charge < -0.3 is 0 Å². The number of pyridine rings is 1. The van der Waals surface area contributed by atoms with E-state index in [-0.39, 0.29) is 15.1 Å². The van der Waals surface area contributed by atoms with Gasteiger partial charge in [0.1, 0.15) is 10.0 Å². The molecule has 1 aromatic carbocycles. The summed E-state index contributed by atoms with van der Waals surface area (Å²) >= 11 is 11.6. The van der Waals surface area contributed by atoms with Crippen molar-refractivity contribution < 1.29 is 8.42 Å². The van der Waals surface area contributed by atoms with Crippen LogP contribution in [0.25, 0.3) is 0 Å². The first-order valence-corrected chi connectivity index (χ1v) is 8.06. The van der Waals surface area contributed by atoms with Gasteiger partial charge in [-0.05, 0) is 17.2 Å². The van der Waals surface area contributed by atoms with Crippen molar-refractivity contribution in [3.05, 3.63) is 57.8 Å². The largest absolute Gasteiger partial charge is 0.245 e. The lowest BCUT2D eigenvalue weighted by molar-refractivity contribution is 0.431. The van der Waals surface area contributed by atoms with Crippen molar-refractivity contribution >= 4 is 33.2 Å². The normalized spacial score (nSPS) is 15.3. The Morgan fingerprint density at radius 2 is 1.70 bits per heavy atom. The first kappa shape index (κ1) is 13.8. The fraction of sp³-hybridized carbons (Fsp3) is 0.154. The lowest BCUT2D eigenvalue weighted by atomic mass is 10.1. The van der Waals surface area contributed by atoms with E-state index >= 15 is 0 Å². The molecule has 0 saturated carbocycles. The highest BCUT2D eigenvalue weighted by molar-refractivity contribution is 7.89. The summed E-state index contributed by atoms with van der Waals surface area (Å²) in [6.07, 6.45) is 1.23. The van der Waals surface area contributed by atoms with Crippen LogP contribution in [0.4, 0.5) is 0 Å². The maximum atomic E-state index is 12.6. The van der Waals surface area contributed by atoms with Crippen LogP contribution in [0.1, 0.15) is 11.1 Å². The number of hydrogen-bond acceptors (Lipinski definition) is 3. The number of rotatable bonds is 2. The third-order valence-corrected chi connectivity index (χ3v) is 5.66. The van der Waals surface area contributed by atoms with Gasteiger partial charge in [-0.2, -0.15) is 4.31 Å². The molecule has 1 aromatic heterocycles. The molecule has 2 aromatic rings. The molecule has 0 atom stereocenters. The highest BCUT2D eigenvalue weighted by atomic mass is 35.5. The topological polar surface area (TPSA) is 50.3 Å². The Kier molecular flexibility index (Phi) is 3.46. The zero-order valence-electron chi connectivity index (χ0n) is 10.3. The number of nitrogens with zero attached hydrogens (tertiary/aromatic N) is 2. The van der Waals surface area contributed by atoms with E-state index in [2.05, 4.69) is 4.98 Å². The summed E-state index contributed by atoms with van der Waals surface area (Å²) < 4.78 is 26.5. The van der Waals surface area contributed by atoms with E-state index in [0.717, 1.165) is 11.1 Å². The molecule has 20 heavy (non-hydrogen) atoms.